The van der Waals surface area contributed by atoms with Gasteiger partial charge in [0.15, 0.2) is 0 Å². The highest BCUT2D eigenvalue weighted by Crippen LogP contribution is 2.36. The monoisotopic (exact) mass is 255 g/mol. The Morgan fingerprint density at radius 2 is 2.05 bits per heavy atom. The third-order valence-electron chi connectivity index (χ3n) is 3.32. The summed E-state index contributed by atoms with van der Waals surface area (Å²) in [5.41, 5.74) is 2.29. The predicted octanol–water partition coefficient (Wildman–Crippen LogP) is 2.11. The van der Waals surface area contributed by atoms with Gasteiger partial charge in [-0.1, -0.05) is 25.1 Å². The van der Waals surface area contributed by atoms with E-state index in [1.165, 1.54) is 5.56 Å². The Kier molecular flexibility index (Phi) is 3.42. The average Bonchev–Trinajstić information content (AvgIpc) is 2.90. The second kappa shape index (κ2) is 5.36. The highest BCUT2D eigenvalue weighted by atomic mass is 16.5. The van der Waals surface area contributed by atoms with Gasteiger partial charge in [-0.2, -0.15) is 0 Å². The zero-order chi connectivity index (χ0) is 13.1. The number of hydrogen-bond donors (Lipinski definition) is 1. The van der Waals surface area contributed by atoms with Crippen LogP contribution in [0.5, 0.6) is 5.75 Å². The van der Waals surface area contributed by atoms with Gasteiger partial charge >= 0.3 is 0 Å². The molecule has 1 aliphatic rings. The largest absolute Gasteiger partial charge is 0.492 e. The molecule has 0 saturated carbocycles. The van der Waals surface area contributed by atoms with Crippen molar-refractivity contribution in [1.82, 2.24) is 15.3 Å². The number of para-hydroxylation sites is 1. The molecule has 1 aromatic carbocycles. The lowest BCUT2D eigenvalue weighted by Crippen LogP contribution is -2.13. The molecule has 0 aliphatic carbocycles. The molecule has 3 rings (SSSR count). The minimum absolute atomic E-state index is 0.157. The van der Waals surface area contributed by atoms with Crippen LogP contribution < -0.4 is 10.1 Å². The van der Waals surface area contributed by atoms with E-state index in [0.29, 0.717) is 6.61 Å². The Hall–Kier alpha value is -1.94. The molecule has 0 radical (unpaired) electrons. The summed E-state index contributed by atoms with van der Waals surface area (Å²) in [6.45, 7) is 4.48. The van der Waals surface area contributed by atoms with E-state index in [1.807, 2.05) is 30.6 Å². The molecule has 1 unspecified atom stereocenters. The summed E-state index contributed by atoms with van der Waals surface area (Å²) >= 11 is 0. The van der Waals surface area contributed by atoms with E-state index in [1.54, 1.807) is 0 Å². The molecule has 2 aromatic rings. The van der Waals surface area contributed by atoms with Crippen LogP contribution in [0.3, 0.4) is 0 Å². The molecule has 1 N–H and O–H groups in total. The van der Waals surface area contributed by atoms with Gasteiger partial charge in [0, 0.05) is 30.1 Å². The van der Waals surface area contributed by atoms with Crippen molar-refractivity contribution in [2.24, 2.45) is 0 Å². The second-order valence-electron chi connectivity index (χ2n) is 4.63. The summed E-state index contributed by atoms with van der Waals surface area (Å²) < 4.78 is 5.67. The summed E-state index contributed by atoms with van der Waals surface area (Å²) in [5, 5.41) is 3.26. The molecule has 2 heterocycles. The van der Waals surface area contributed by atoms with Crippen LogP contribution in [0.2, 0.25) is 0 Å². The Morgan fingerprint density at radius 3 is 2.84 bits per heavy atom. The van der Waals surface area contributed by atoms with Gasteiger partial charge in [-0.05, 0) is 12.6 Å². The minimum atomic E-state index is 0.157. The van der Waals surface area contributed by atoms with Gasteiger partial charge in [0.1, 0.15) is 18.2 Å². The fourth-order valence-electron chi connectivity index (χ4n) is 2.28. The SMILES string of the molecule is CCNCc1cnc(C2COc3ccccc32)nc1. The molecular weight excluding hydrogens is 238 g/mol. The number of rotatable bonds is 4. The molecule has 19 heavy (non-hydrogen) atoms. The number of nitrogens with zero attached hydrogens (tertiary/aromatic N) is 2. The molecular formula is C15H17N3O. The summed E-state index contributed by atoms with van der Waals surface area (Å²) in [7, 11) is 0. The summed E-state index contributed by atoms with van der Waals surface area (Å²) in [4.78, 5) is 8.96. The molecule has 98 valence electrons. The number of ether oxygens (including phenoxy) is 1. The van der Waals surface area contributed by atoms with Crippen molar-refractivity contribution >= 4 is 0 Å². The van der Waals surface area contributed by atoms with Crippen LogP contribution in [0.4, 0.5) is 0 Å². The zero-order valence-electron chi connectivity index (χ0n) is 11.0. The van der Waals surface area contributed by atoms with Gasteiger partial charge < -0.3 is 10.1 Å². The summed E-state index contributed by atoms with van der Waals surface area (Å²) in [6, 6.07) is 8.10. The molecule has 1 aromatic heterocycles. The minimum Gasteiger partial charge on any atom is -0.492 e. The van der Waals surface area contributed by atoms with Crippen LogP contribution in [0.15, 0.2) is 36.7 Å². The van der Waals surface area contributed by atoms with Crippen molar-refractivity contribution in [3.8, 4) is 5.75 Å². The lowest BCUT2D eigenvalue weighted by Gasteiger charge is -2.08. The lowest BCUT2D eigenvalue weighted by molar-refractivity contribution is 0.339. The summed E-state index contributed by atoms with van der Waals surface area (Å²) in [5.74, 6) is 1.95. The maximum Gasteiger partial charge on any atom is 0.139 e. The van der Waals surface area contributed by atoms with Crippen LogP contribution in [-0.2, 0) is 6.54 Å². The van der Waals surface area contributed by atoms with Gasteiger partial charge in [-0.25, -0.2) is 9.97 Å². The molecule has 0 spiro atoms. The molecule has 0 bridgehead atoms. The van der Waals surface area contributed by atoms with Crippen LogP contribution in [-0.4, -0.2) is 23.1 Å². The molecule has 4 heteroatoms. The van der Waals surface area contributed by atoms with Crippen molar-refractivity contribution in [2.45, 2.75) is 19.4 Å². The molecule has 1 atom stereocenters. The van der Waals surface area contributed by atoms with E-state index in [9.17, 15) is 0 Å². The zero-order valence-corrected chi connectivity index (χ0v) is 11.0. The average molecular weight is 255 g/mol. The fourth-order valence-corrected chi connectivity index (χ4v) is 2.28. The first-order chi connectivity index (χ1) is 9.38. The first-order valence-electron chi connectivity index (χ1n) is 6.61. The van der Waals surface area contributed by atoms with Crippen molar-refractivity contribution in [2.75, 3.05) is 13.2 Å². The van der Waals surface area contributed by atoms with Gasteiger partial charge in [0.25, 0.3) is 0 Å². The van der Waals surface area contributed by atoms with Crippen LogP contribution in [0, 0.1) is 0 Å². The highest BCUT2D eigenvalue weighted by Gasteiger charge is 2.27. The number of nitrogens with one attached hydrogen (secondary N) is 1. The lowest BCUT2D eigenvalue weighted by atomic mass is 10.0. The maximum atomic E-state index is 5.67. The first-order valence-corrected chi connectivity index (χ1v) is 6.61. The van der Waals surface area contributed by atoms with E-state index in [0.717, 1.165) is 30.2 Å². The van der Waals surface area contributed by atoms with Crippen molar-refractivity contribution in [3.05, 3.63) is 53.6 Å². The van der Waals surface area contributed by atoms with Crippen molar-refractivity contribution in [3.63, 3.8) is 0 Å². The summed E-state index contributed by atoms with van der Waals surface area (Å²) in [6.07, 6.45) is 3.79. The molecule has 0 fully saturated rings. The highest BCUT2D eigenvalue weighted by molar-refractivity contribution is 5.42. The quantitative estimate of drug-likeness (QED) is 0.909. The van der Waals surface area contributed by atoms with Crippen LogP contribution in [0.1, 0.15) is 29.8 Å². The van der Waals surface area contributed by atoms with Crippen LogP contribution >= 0.6 is 0 Å². The van der Waals surface area contributed by atoms with Crippen molar-refractivity contribution < 1.29 is 4.74 Å². The molecule has 1 aliphatic heterocycles. The van der Waals surface area contributed by atoms with E-state index in [4.69, 9.17) is 4.74 Å². The number of fused-ring (bicyclic) bond motifs is 1. The Bertz CT molecular complexity index is 554. The van der Waals surface area contributed by atoms with E-state index < -0.39 is 0 Å². The molecule has 4 nitrogen and oxygen atoms in total. The number of hydrogen-bond acceptors (Lipinski definition) is 4. The second-order valence-corrected chi connectivity index (χ2v) is 4.63. The number of aromatic nitrogens is 2. The fraction of sp³-hybridized carbons (Fsp3) is 0.333. The molecule has 0 saturated heterocycles. The van der Waals surface area contributed by atoms with Crippen molar-refractivity contribution in [1.29, 1.82) is 0 Å². The smallest absolute Gasteiger partial charge is 0.139 e. The third kappa shape index (κ3) is 2.44. The van der Waals surface area contributed by atoms with Gasteiger partial charge in [0.05, 0.1) is 5.92 Å². The van der Waals surface area contributed by atoms with E-state index >= 15 is 0 Å². The Morgan fingerprint density at radius 1 is 1.26 bits per heavy atom. The predicted molar refractivity (Wildman–Crippen MR) is 73.2 cm³/mol. The number of benzene rings is 1. The van der Waals surface area contributed by atoms with Crippen LogP contribution in [0.25, 0.3) is 0 Å². The first kappa shape index (κ1) is 12.1. The standard InChI is InChI=1S/C15H17N3O/c1-2-16-7-11-8-17-15(18-9-11)13-10-19-14-6-4-3-5-12(13)14/h3-6,8-9,13,16H,2,7,10H2,1H3. The third-order valence-corrected chi connectivity index (χ3v) is 3.32. The Labute approximate surface area is 112 Å². The van der Waals surface area contributed by atoms with E-state index in [2.05, 4.69) is 28.3 Å². The van der Waals surface area contributed by atoms with Gasteiger partial charge in [-0.3, -0.25) is 0 Å². The maximum absolute atomic E-state index is 5.67. The molecule has 0 amide bonds. The topological polar surface area (TPSA) is 47.0 Å². The van der Waals surface area contributed by atoms with E-state index in [-0.39, 0.29) is 5.92 Å². The Balaban J connectivity index is 1.80. The normalized spacial score (nSPS) is 17.0. The van der Waals surface area contributed by atoms with Gasteiger partial charge in [-0.15, -0.1) is 0 Å². The van der Waals surface area contributed by atoms with Gasteiger partial charge in [0.2, 0.25) is 0 Å².